The molecule has 2 saturated carbocycles. The molecule has 7 heterocycles. The summed E-state index contributed by atoms with van der Waals surface area (Å²) in [6, 6.07) is 28.1. The lowest BCUT2D eigenvalue weighted by molar-refractivity contribution is 0.130. The van der Waals surface area contributed by atoms with Crippen molar-refractivity contribution in [2.75, 3.05) is 26.2 Å². The minimum absolute atomic E-state index is 0.818. The van der Waals surface area contributed by atoms with Crippen LogP contribution in [-0.4, -0.2) is 81.5 Å². The summed E-state index contributed by atoms with van der Waals surface area (Å²) in [5.41, 5.74) is 12.0. The van der Waals surface area contributed by atoms with Gasteiger partial charge in [0, 0.05) is 94.5 Å². The average Bonchev–Trinajstić information content (AvgIpc) is 3.92. The van der Waals surface area contributed by atoms with Crippen molar-refractivity contribution in [2.24, 2.45) is 0 Å². The quantitative estimate of drug-likeness (QED) is 0.199. The van der Waals surface area contributed by atoms with Gasteiger partial charge in [0.15, 0.2) is 0 Å². The van der Waals surface area contributed by atoms with E-state index < -0.39 is 0 Å². The molecule has 4 aliphatic rings. The number of benzene rings is 3. The van der Waals surface area contributed by atoms with E-state index in [0.29, 0.717) is 0 Å². The van der Waals surface area contributed by atoms with Crippen LogP contribution >= 0.6 is 0 Å². The third kappa shape index (κ3) is 5.72. The number of imidazole rings is 3. The molecule has 12 rings (SSSR count). The Morgan fingerprint density at radius 1 is 0.574 bits per heavy atom. The number of rotatable bonds is 4. The molecule has 5 aromatic heterocycles. The van der Waals surface area contributed by atoms with Crippen molar-refractivity contribution >= 4 is 38.6 Å². The van der Waals surface area contributed by atoms with Gasteiger partial charge in [0.05, 0.1) is 22.1 Å². The summed E-state index contributed by atoms with van der Waals surface area (Å²) in [6.07, 6.45) is 18.5. The molecule has 54 heavy (non-hydrogen) atoms. The number of H-pyrrole nitrogens is 1. The molecule has 272 valence electrons. The predicted molar refractivity (Wildman–Crippen MR) is 217 cm³/mol. The topological polar surface area (TPSA) is 75.2 Å². The molecule has 0 atom stereocenters. The number of aromatic amines is 1. The van der Waals surface area contributed by atoms with Crippen LogP contribution in [0.3, 0.4) is 0 Å². The largest absolute Gasteiger partial charge is 0.361 e. The van der Waals surface area contributed by atoms with E-state index in [1.54, 1.807) is 0 Å². The van der Waals surface area contributed by atoms with Crippen LogP contribution in [0.25, 0.3) is 60.9 Å². The van der Waals surface area contributed by atoms with Crippen molar-refractivity contribution in [2.45, 2.75) is 76.5 Å². The predicted octanol–water partition coefficient (Wildman–Crippen LogP) is 8.36. The van der Waals surface area contributed by atoms with Crippen molar-refractivity contribution in [3.05, 3.63) is 109 Å². The molecule has 8 aromatic rings. The minimum Gasteiger partial charge on any atom is -0.361 e. The lowest BCUT2D eigenvalue weighted by Crippen LogP contribution is -2.41. The average molecular weight is 714 g/mol. The first kappa shape index (κ1) is 32.2. The lowest BCUT2D eigenvalue weighted by atomic mass is 9.91. The molecular weight excluding hydrogens is 667 g/mol. The fraction of sp³-hybridized carbons (Fsp3) is 0.356. The van der Waals surface area contributed by atoms with Gasteiger partial charge in [-0.2, -0.15) is 0 Å². The van der Waals surface area contributed by atoms with Crippen LogP contribution in [0, 0.1) is 0 Å². The van der Waals surface area contributed by atoms with Crippen molar-refractivity contribution in [1.29, 1.82) is 0 Å². The van der Waals surface area contributed by atoms with E-state index in [-0.39, 0.29) is 0 Å². The number of fused-ring (bicyclic) bond motifs is 8. The first-order valence-corrected chi connectivity index (χ1v) is 20.2. The molecule has 0 saturated heterocycles. The van der Waals surface area contributed by atoms with E-state index in [4.69, 9.17) is 9.97 Å². The Kier molecular flexibility index (Phi) is 7.90. The van der Waals surface area contributed by atoms with Crippen LogP contribution in [-0.2, 0) is 25.9 Å². The summed E-state index contributed by atoms with van der Waals surface area (Å²) in [5, 5.41) is 1.26. The molecule has 1 N–H and O–H groups in total. The molecule has 0 amide bonds. The van der Waals surface area contributed by atoms with Gasteiger partial charge in [-0.15, -0.1) is 0 Å². The molecule has 0 unspecified atom stereocenters. The minimum atomic E-state index is 0.818. The Bertz CT molecular complexity index is 2450. The molecule has 0 radical (unpaired) electrons. The lowest BCUT2D eigenvalue weighted by Gasteiger charge is -2.36. The standard InChI is InChI=1S/C23H24N4.C22H23N5/c1-2-19(3-1)26-11-9-23-25-21-7-5-17(15-22(21)27(23)13-12-26)16-4-6-20-18(14-16)8-10-24-20;1-2-18(3-1)25-10-8-22-24-19-6-4-16(14-20(19)27(22)13-12-25)17-5-7-21-23-9-11-26(21)15-17/h4-8,10,14-15,19,24H,1-3,9,11-13H2;4-7,9,11,14-15,18H,1-3,8,10,12-13H2. The van der Waals surface area contributed by atoms with E-state index in [2.05, 4.69) is 112 Å². The van der Waals surface area contributed by atoms with E-state index >= 15 is 0 Å². The van der Waals surface area contributed by atoms with Crippen LogP contribution in [0.4, 0.5) is 0 Å². The van der Waals surface area contributed by atoms with Gasteiger partial charge >= 0.3 is 0 Å². The molecular formula is C45H47N9. The van der Waals surface area contributed by atoms with Gasteiger partial charge in [0.25, 0.3) is 0 Å². The van der Waals surface area contributed by atoms with E-state index in [1.165, 1.54) is 94.4 Å². The molecule has 9 heteroatoms. The second-order valence-electron chi connectivity index (χ2n) is 15.9. The highest BCUT2D eigenvalue weighted by molar-refractivity contribution is 5.88. The van der Waals surface area contributed by atoms with Gasteiger partial charge in [-0.1, -0.05) is 31.0 Å². The third-order valence-electron chi connectivity index (χ3n) is 12.9. The fourth-order valence-electron chi connectivity index (χ4n) is 9.31. The second kappa shape index (κ2) is 13.2. The zero-order chi connectivity index (χ0) is 35.6. The highest BCUT2D eigenvalue weighted by atomic mass is 15.2. The third-order valence-corrected chi connectivity index (χ3v) is 12.9. The van der Waals surface area contributed by atoms with Crippen LogP contribution < -0.4 is 0 Å². The second-order valence-corrected chi connectivity index (χ2v) is 15.9. The number of hydrogen-bond acceptors (Lipinski definition) is 5. The number of nitrogens with zero attached hydrogens (tertiary/aromatic N) is 8. The summed E-state index contributed by atoms with van der Waals surface area (Å²) in [6.45, 7) is 6.72. The Morgan fingerprint density at radius 2 is 1.17 bits per heavy atom. The van der Waals surface area contributed by atoms with Gasteiger partial charge in [-0.05, 0) is 108 Å². The zero-order valence-electron chi connectivity index (χ0n) is 30.9. The van der Waals surface area contributed by atoms with Crippen molar-refractivity contribution in [3.63, 3.8) is 0 Å². The van der Waals surface area contributed by atoms with Gasteiger partial charge in [0.2, 0.25) is 0 Å². The van der Waals surface area contributed by atoms with Crippen LogP contribution in [0.2, 0.25) is 0 Å². The van der Waals surface area contributed by atoms with E-state index in [0.717, 1.165) is 80.9 Å². The highest BCUT2D eigenvalue weighted by Crippen LogP contribution is 2.32. The number of pyridine rings is 1. The molecule has 2 aliphatic carbocycles. The van der Waals surface area contributed by atoms with Crippen molar-refractivity contribution < 1.29 is 0 Å². The Morgan fingerprint density at radius 3 is 1.80 bits per heavy atom. The van der Waals surface area contributed by atoms with Crippen LogP contribution in [0.15, 0.2) is 97.6 Å². The van der Waals surface area contributed by atoms with Crippen molar-refractivity contribution in [1.82, 2.24) is 43.3 Å². The summed E-state index contributed by atoms with van der Waals surface area (Å²) < 4.78 is 6.99. The smallest absolute Gasteiger partial charge is 0.136 e. The maximum atomic E-state index is 4.96. The molecule has 0 bridgehead atoms. The van der Waals surface area contributed by atoms with Gasteiger partial charge in [-0.3, -0.25) is 9.80 Å². The monoisotopic (exact) mass is 713 g/mol. The first-order valence-electron chi connectivity index (χ1n) is 20.2. The number of nitrogens with one attached hydrogen (secondary N) is 1. The van der Waals surface area contributed by atoms with Gasteiger partial charge in [0.1, 0.15) is 17.3 Å². The molecule has 3 aromatic carbocycles. The van der Waals surface area contributed by atoms with Crippen LogP contribution in [0.5, 0.6) is 0 Å². The van der Waals surface area contributed by atoms with Crippen molar-refractivity contribution in [3.8, 4) is 22.3 Å². The molecule has 2 aliphatic heterocycles. The van der Waals surface area contributed by atoms with E-state index in [1.807, 2.05) is 18.6 Å². The van der Waals surface area contributed by atoms with Gasteiger partial charge in [-0.25, -0.2) is 15.0 Å². The summed E-state index contributed by atoms with van der Waals surface area (Å²) >= 11 is 0. The fourth-order valence-corrected chi connectivity index (χ4v) is 9.31. The Hall–Kier alpha value is -5.25. The van der Waals surface area contributed by atoms with Gasteiger partial charge < -0.3 is 18.5 Å². The number of hydrogen-bond donors (Lipinski definition) is 1. The van der Waals surface area contributed by atoms with Crippen LogP contribution in [0.1, 0.15) is 50.2 Å². The zero-order valence-corrected chi connectivity index (χ0v) is 30.9. The summed E-state index contributed by atoms with van der Waals surface area (Å²) in [7, 11) is 0. The summed E-state index contributed by atoms with van der Waals surface area (Å²) in [5.74, 6) is 2.50. The maximum Gasteiger partial charge on any atom is 0.136 e. The molecule has 2 fully saturated rings. The maximum absolute atomic E-state index is 4.96. The normalized spacial score (nSPS) is 18.5. The molecule has 9 nitrogen and oxygen atoms in total. The number of aromatic nitrogens is 7. The SMILES string of the molecule is c1cc2cc(-c3ccc4nc5n(c4c3)CCN(C3CCC3)CC5)ccc2[nH]1.c1cn2cc(-c3ccc4nc5n(c4c3)CCN(C3CCC3)CC5)ccc2n1. The highest BCUT2D eigenvalue weighted by Gasteiger charge is 2.28. The Labute approximate surface area is 315 Å². The van der Waals surface area contributed by atoms with E-state index in [9.17, 15) is 0 Å². The molecule has 0 spiro atoms. The summed E-state index contributed by atoms with van der Waals surface area (Å²) in [4.78, 5) is 22.9. The Balaban J connectivity index is 0.000000126. The first-order chi connectivity index (χ1) is 26.7.